The van der Waals surface area contributed by atoms with Crippen LogP contribution >= 0.6 is 0 Å². The highest BCUT2D eigenvalue weighted by atomic mass is 16.6. The van der Waals surface area contributed by atoms with Crippen molar-refractivity contribution in [2.45, 2.75) is 97.0 Å². The molecule has 2 aromatic rings. The minimum atomic E-state index is -0.672. The molecular formula is C31H43NO6. The van der Waals surface area contributed by atoms with Gasteiger partial charge in [0, 0.05) is 6.07 Å². The number of carbonyl (C=O) groups is 1. The number of esters is 1. The highest BCUT2D eigenvalue weighted by Crippen LogP contribution is 2.30. The van der Waals surface area contributed by atoms with E-state index < -0.39 is 10.9 Å². The van der Waals surface area contributed by atoms with Crippen molar-refractivity contribution >= 4 is 11.7 Å². The Morgan fingerprint density at radius 2 is 1.61 bits per heavy atom. The summed E-state index contributed by atoms with van der Waals surface area (Å²) < 4.78 is 17.0. The van der Waals surface area contributed by atoms with Gasteiger partial charge in [-0.3, -0.25) is 10.1 Å². The van der Waals surface area contributed by atoms with Gasteiger partial charge in [-0.1, -0.05) is 57.9 Å². The van der Waals surface area contributed by atoms with Gasteiger partial charge in [-0.25, -0.2) is 4.79 Å². The first-order chi connectivity index (χ1) is 18.4. The Hall–Kier alpha value is -3.35. The van der Waals surface area contributed by atoms with Crippen molar-refractivity contribution in [3.05, 3.63) is 70.8 Å². The maximum Gasteiger partial charge on any atom is 0.343 e. The fourth-order valence-corrected chi connectivity index (χ4v) is 4.08. The van der Waals surface area contributed by atoms with Crippen molar-refractivity contribution in [3.8, 4) is 17.2 Å². The van der Waals surface area contributed by atoms with Crippen LogP contribution < -0.4 is 14.2 Å². The quantitative estimate of drug-likeness (QED) is 0.0428. The predicted molar refractivity (Wildman–Crippen MR) is 151 cm³/mol. The van der Waals surface area contributed by atoms with Gasteiger partial charge in [0.1, 0.15) is 11.5 Å². The number of nitrogens with zero attached hydrogens (tertiary/aromatic N) is 1. The number of rotatable bonds is 20. The fourth-order valence-electron chi connectivity index (χ4n) is 4.08. The first-order valence-electron chi connectivity index (χ1n) is 14.0. The second kappa shape index (κ2) is 18.0. The van der Waals surface area contributed by atoms with Crippen LogP contribution in [-0.2, 0) is 0 Å². The summed E-state index contributed by atoms with van der Waals surface area (Å²) in [6.07, 6.45) is 15.2. The zero-order valence-corrected chi connectivity index (χ0v) is 23.0. The molecule has 208 valence electrons. The molecule has 1 atom stereocenters. The van der Waals surface area contributed by atoms with Gasteiger partial charge < -0.3 is 14.2 Å². The zero-order valence-electron chi connectivity index (χ0n) is 23.0. The summed E-state index contributed by atoms with van der Waals surface area (Å²) in [6, 6.07) is 11.0. The molecule has 0 aliphatic heterocycles. The standard InChI is InChI=1S/C31H43NO6/c1-4-6-8-10-11-12-13-15-23-36-27-18-20-28(21-19-27)38-31(33)26-17-22-30(29(24-26)32(34)35)37-25(3)16-14-9-7-5-2/h4,17-22,24-25H,1,5-16,23H2,2-3H3. The Labute approximate surface area is 227 Å². The van der Waals surface area contributed by atoms with E-state index in [4.69, 9.17) is 14.2 Å². The topological polar surface area (TPSA) is 87.9 Å². The van der Waals surface area contributed by atoms with E-state index in [-0.39, 0.29) is 23.1 Å². The van der Waals surface area contributed by atoms with Crippen LogP contribution in [0.2, 0.25) is 0 Å². The molecule has 0 fully saturated rings. The molecule has 0 bridgehead atoms. The molecule has 0 saturated carbocycles. The van der Waals surface area contributed by atoms with Crippen molar-refractivity contribution in [3.63, 3.8) is 0 Å². The lowest BCUT2D eigenvalue weighted by Crippen LogP contribution is -2.14. The minimum absolute atomic E-state index is 0.0875. The average Bonchev–Trinajstić information content (AvgIpc) is 2.91. The molecule has 0 aliphatic rings. The second-order valence-electron chi connectivity index (χ2n) is 9.63. The maximum atomic E-state index is 12.6. The van der Waals surface area contributed by atoms with Gasteiger partial charge in [-0.05, 0) is 75.4 Å². The number of ether oxygens (including phenoxy) is 3. The molecule has 1 unspecified atom stereocenters. The number of carbonyl (C=O) groups excluding carboxylic acids is 1. The molecule has 38 heavy (non-hydrogen) atoms. The normalized spacial score (nSPS) is 11.5. The molecule has 2 rings (SSSR count). The zero-order chi connectivity index (χ0) is 27.6. The van der Waals surface area contributed by atoms with Crippen molar-refractivity contribution in [1.82, 2.24) is 0 Å². The lowest BCUT2D eigenvalue weighted by atomic mass is 10.1. The van der Waals surface area contributed by atoms with Crippen LogP contribution in [0.1, 0.15) is 101 Å². The Balaban J connectivity index is 1.82. The summed E-state index contributed by atoms with van der Waals surface area (Å²) in [5.41, 5.74) is -0.162. The summed E-state index contributed by atoms with van der Waals surface area (Å²) in [4.78, 5) is 23.7. The van der Waals surface area contributed by atoms with Crippen molar-refractivity contribution in [2.75, 3.05) is 6.61 Å². The van der Waals surface area contributed by atoms with E-state index in [2.05, 4.69) is 13.5 Å². The van der Waals surface area contributed by atoms with E-state index in [1.807, 2.05) is 13.0 Å². The number of allylic oxidation sites excluding steroid dienone is 1. The van der Waals surface area contributed by atoms with Gasteiger partial charge in [-0.2, -0.15) is 0 Å². The maximum absolute atomic E-state index is 12.6. The minimum Gasteiger partial charge on any atom is -0.494 e. The van der Waals surface area contributed by atoms with Crippen LogP contribution in [0, 0.1) is 10.1 Å². The summed E-state index contributed by atoms with van der Waals surface area (Å²) >= 11 is 0. The second-order valence-corrected chi connectivity index (χ2v) is 9.63. The van der Waals surface area contributed by atoms with Gasteiger partial charge in [-0.15, -0.1) is 6.58 Å². The van der Waals surface area contributed by atoms with Crippen molar-refractivity contribution in [1.29, 1.82) is 0 Å². The number of hydrogen-bond acceptors (Lipinski definition) is 6. The summed E-state index contributed by atoms with van der Waals surface area (Å²) in [5, 5.41) is 11.6. The number of hydrogen-bond donors (Lipinski definition) is 0. The number of benzene rings is 2. The number of nitro groups is 1. The van der Waals surface area contributed by atoms with Gasteiger partial charge in [0.25, 0.3) is 0 Å². The predicted octanol–water partition coefficient (Wildman–Crippen LogP) is 8.85. The Morgan fingerprint density at radius 1 is 0.947 bits per heavy atom. The number of unbranched alkanes of at least 4 members (excludes halogenated alkanes) is 9. The molecule has 0 spiro atoms. The first kappa shape index (κ1) is 30.9. The lowest BCUT2D eigenvalue weighted by Gasteiger charge is -2.15. The van der Waals surface area contributed by atoms with Gasteiger partial charge >= 0.3 is 11.7 Å². The monoisotopic (exact) mass is 525 g/mol. The molecule has 7 nitrogen and oxygen atoms in total. The van der Waals surface area contributed by atoms with Gasteiger partial charge in [0.05, 0.1) is 23.2 Å². The summed E-state index contributed by atoms with van der Waals surface area (Å²) in [7, 11) is 0. The Bertz CT molecular complexity index is 988. The van der Waals surface area contributed by atoms with Crippen LogP contribution in [0.15, 0.2) is 55.1 Å². The molecule has 0 amide bonds. The third-order valence-electron chi connectivity index (χ3n) is 6.29. The van der Waals surface area contributed by atoms with E-state index in [0.717, 1.165) is 51.4 Å². The molecule has 0 aliphatic carbocycles. The molecule has 2 aromatic carbocycles. The first-order valence-corrected chi connectivity index (χ1v) is 14.0. The highest BCUT2D eigenvalue weighted by Gasteiger charge is 2.21. The van der Waals surface area contributed by atoms with Gasteiger partial charge in [0.2, 0.25) is 0 Å². The van der Waals surface area contributed by atoms with Crippen LogP contribution in [-0.4, -0.2) is 23.6 Å². The molecular weight excluding hydrogens is 482 g/mol. The Kier molecular flexibility index (Phi) is 14.6. The van der Waals surface area contributed by atoms with Crippen LogP contribution in [0.5, 0.6) is 17.2 Å². The smallest absolute Gasteiger partial charge is 0.343 e. The Morgan fingerprint density at radius 3 is 2.29 bits per heavy atom. The third-order valence-corrected chi connectivity index (χ3v) is 6.29. The van der Waals surface area contributed by atoms with Gasteiger partial charge in [0.15, 0.2) is 5.75 Å². The highest BCUT2D eigenvalue weighted by molar-refractivity contribution is 5.92. The van der Waals surface area contributed by atoms with Crippen molar-refractivity contribution < 1.29 is 23.9 Å². The van der Waals surface area contributed by atoms with Crippen LogP contribution in [0.3, 0.4) is 0 Å². The largest absolute Gasteiger partial charge is 0.494 e. The third kappa shape index (κ3) is 11.8. The SMILES string of the molecule is C=CCCCCCCCCOc1ccc(OC(=O)c2ccc(OC(C)CCCCCC)c([N+](=O)[O-])c2)cc1. The van der Waals surface area contributed by atoms with Crippen LogP contribution in [0.25, 0.3) is 0 Å². The molecule has 7 heteroatoms. The van der Waals surface area contributed by atoms with Crippen molar-refractivity contribution in [2.24, 2.45) is 0 Å². The van der Waals surface area contributed by atoms with Crippen LogP contribution in [0.4, 0.5) is 5.69 Å². The summed E-state index contributed by atoms with van der Waals surface area (Å²) in [6.45, 7) is 8.43. The molecule has 0 saturated heterocycles. The summed E-state index contributed by atoms with van der Waals surface area (Å²) in [5.74, 6) is 0.528. The van der Waals surface area contributed by atoms with E-state index in [9.17, 15) is 14.9 Å². The van der Waals surface area contributed by atoms with E-state index >= 15 is 0 Å². The van der Waals surface area contributed by atoms with E-state index in [1.165, 1.54) is 43.9 Å². The van der Waals surface area contributed by atoms with E-state index in [1.54, 1.807) is 24.3 Å². The molecule has 0 radical (unpaired) electrons. The van der Waals surface area contributed by atoms with E-state index in [0.29, 0.717) is 18.1 Å². The fraction of sp³-hybridized carbons (Fsp3) is 0.516. The molecule has 0 aromatic heterocycles. The number of nitro benzene ring substituents is 1. The molecule has 0 N–H and O–H groups in total. The lowest BCUT2D eigenvalue weighted by molar-refractivity contribution is -0.386. The average molecular weight is 526 g/mol. The molecule has 0 heterocycles.